The maximum Gasteiger partial charge on any atom is 0.335 e. The van der Waals surface area contributed by atoms with Crippen molar-refractivity contribution in [3.05, 3.63) is 118 Å². The van der Waals surface area contributed by atoms with E-state index in [-0.39, 0.29) is 5.56 Å². The van der Waals surface area contributed by atoms with Crippen molar-refractivity contribution in [3.8, 4) is 0 Å². The number of ether oxygens (including phenoxy) is 1. The second-order valence-corrected chi connectivity index (χ2v) is 13.3. The van der Waals surface area contributed by atoms with E-state index in [9.17, 15) is 14.7 Å². The maximum absolute atomic E-state index is 13.4. The van der Waals surface area contributed by atoms with Gasteiger partial charge in [0.05, 0.1) is 12.7 Å². The molecule has 4 aromatic rings. The lowest BCUT2D eigenvalue weighted by molar-refractivity contribution is -0.150. The van der Waals surface area contributed by atoms with Crippen molar-refractivity contribution in [3.63, 3.8) is 0 Å². The third-order valence-corrected chi connectivity index (χ3v) is 9.74. The van der Waals surface area contributed by atoms with E-state index in [1.54, 1.807) is 0 Å². The lowest BCUT2D eigenvalue weighted by atomic mass is 9.84. The van der Waals surface area contributed by atoms with Crippen molar-refractivity contribution < 1.29 is 14.6 Å². The molecule has 0 spiro atoms. The number of fused-ring (bicyclic) bond motifs is 1. The van der Waals surface area contributed by atoms with E-state index in [1.165, 1.54) is 44.6 Å². The van der Waals surface area contributed by atoms with Crippen LogP contribution in [0.15, 0.2) is 95.8 Å². The zero-order chi connectivity index (χ0) is 33.6. The molecule has 1 aliphatic rings. The number of aromatic nitrogens is 1. The van der Waals surface area contributed by atoms with E-state index in [0.29, 0.717) is 24.6 Å². The summed E-state index contributed by atoms with van der Waals surface area (Å²) in [6.45, 7) is 4.94. The van der Waals surface area contributed by atoms with Gasteiger partial charge in [-0.2, -0.15) is 0 Å². The molecule has 0 bridgehead atoms. The molecule has 8 heteroatoms. The van der Waals surface area contributed by atoms with Crippen LogP contribution in [0.25, 0.3) is 10.9 Å². The zero-order valence-electron chi connectivity index (χ0n) is 28.1. The fourth-order valence-corrected chi connectivity index (χ4v) is 6.81. The van der Waals surface area contributed by atoms with Crippen molar-refractivity contribution in [1.82, 2.24) is 15.2 Å². The second-order valence-electron chi connectivity index (χ2n) is 13.3. The molecule has 2 heterocycles. The number of aliphatic hydroxyl groups is 1. The highest BCUT2D eigenvalue weighted by Crippen LogP contribution is 2.29. The first-order chi connectivity index (χ1) is 23.4. The van der Waals surface area contributed by atoms with Crippen LogP contribution in [0, 0.1) is 5.92 Å². The predicted octanol–water partition coefficient (Wildman–Crippen LogP) is 6.04. The van der Waals surface area contributed by atoms with Gasteiger partial charge in [0.2, 0.25) is 5.56 Å². The molecule has 0 unspecified atom stereocenters. The standard InChI is InChI=1S/C40H52N4O4/c41-40(32-16-8-6-9-17-32,33-18-10-7-11-19-33)39(47)48-30-31-22-26-44(27-23-31)25-15-5-3-1-2-4-14-24-42-29-37(45)35-28-38(46)43-36-21-13-12-20-34(35)36/h6-13,16-21,28,31,37,42,45H,1-5,14-15,22-27,29-30,41H2,(H,43,46)/t37-/m0/s1. The fraction of sp³-hybridized carbons (Fsp3) is 0.450. The van der Waals surface area contributed by atoms with Gasteiger partial charge in [-0.05, 0) is 80.5 Å². The molecular weight excluding hydrogens is 600 g/mol. The first-order valence-corrected chi connectivity index (χ1v) is 17.8. The monoisotopic (exact) mass is 652 g/mol. The lowest BCUT2D eigenvalue weighted by Crippen LogP contribution is -2.47. The number of pyridine rings is 1. The van der Waals surface area contributed by atoms with E-state index in [0.717, 1.165) is 67.5 Å². The average molecular weight is 653 g/mol. The zero-order valence-corrected chi connectivity index (χ0v) is 28.1. The molecule has 5 N–H and O–H groups in total. The van der Waals surface area contributed by atoms with Gasteiger partial charge in [-0.15, -0.1) is 0 Å². The number of hydrogen-bond acceptors (Lipinski definition) is 7. The highest BCUT2D eigenvalue weighted by atomic mass is 16.5. The quantitative estimate of drug-likeness (QED) is 0.0764. The van der Waals surface area contributed by atoms with E-state index in [4.69, 9.17) is 10.5 Å². The predicted molar refractivity (Wildman–Crippen MR) is 193 cm³/mol. The van der Waals surface area contributed by atoms with E-state index < -0.39 is 17.6 Å². The van der Waals surface area contributed by atoms with Gasteiger partial charge in [0.1, 0.15) is 0 Å². The Labute approximate surface area is 284 Å². The van der Waals surface area contributed by atoms with Gasteiger partial charge in [-0.3, -0.25) is 4.79 Å². The van der Waals surface area contributed by atoms with Crippen molar-refractivity contribution >= 4 is 16.9 Å². The summed E-state index contributed by atoms with van der Waals surface area (Å²) < 4.78 is 5.90. The number of likely N-dealkylation sites (tertiary alicyclic amines) is 1. The Bertz CT molecular complexity index is 1560. The summed E-state index contributed by atoms with van der Waals surface area (Å²) in [5.41, 5.74) is 8.17. The summed E-state index contributed by atoms with van der Waals surface area (Å²) in [7, 11) is 0. The Hall–Kier alpha value is -3.82. The van der Waals surface area contributed by atoms with Gasteiger partial charge < -0.3 is 30.8 Å². The van der Waals surface area contributed by atoms with Crippen LogP contribution in [-0.4, -0.2) is 60.3 Å². The van der Waals surface area contributed by atoms with Crippen molar-refractivity contribution in [2.45, 2.75) is 69.4 Å². The number of nitrogens with zero attached hydrogens (tertiary/aromatic N) is 1. The maximum atomic E-state index is 13.4. The Kier molecular flexibility index (Phi) is 13.4. The third-order valence-electron chi connectivity index (χ3n) is 9.74. The number of esters is 1. The number of aliphatic hydroxyl groups excluding tert-OH is 1. The molecule has 0 amide bonds. The largest absolute Gasteiger partial charge is 0.464 e. The molecule has 0 saturated carbocycles. The molecule has 1 saturated heterocycles. The fourth-order valence-electron chi connectivity index (χ4n) is 6.81. The highest BCUT2D eigenvalue weighted by molar-refractivity contribution is 5.87. The Balaban J connectivity index is 0.896. The van der Waals surface area contributed by atoms with Crippen LogP contribution in [0.3, 0.4) is 0 Å². The van der Waals surface area contributed by atoms with Crippen molar-refractivity contribution in [2.75, 3.05) is 39.3 Å². The molecule has 8 nitrogen and oxygen atoms in total. The minimum absolute atomic E-state index is 0.190. The smallest absolute Gasteiger partial charge is 0.335 e. The molecule has 1 aliphatic heterocycles. The minimum Gasteiger partial charge on any atom is -0.464 e. The number of hydrogen-bond donors (Lipinski definition) is 4. The Morgan fingerprint density at radius 3 is 2.12 bits per heavy atom. The Morgan fingerprint density at radius 2 is 1.46 bits per heavy atom. The molecule has 1 fully saturated rings. The van der Waals surface area contributed by atoms with E-state index >= 15 is 0 Å². The van der Waals surface area contributed by atoms with Crippen LogP contribution in [-0.2, 0) is 15.1 Å². The average Bonchev–Trinajstić information content (AvgIpc) is 3.13. The number of piperidine rings is 1. The number of carbonyl (C=O) groups is 1. The summed E-state index contributed by atoms with van der Waals surface area (Å²) in [6.07, 6.45) is 9.84. The molecule has 1 aromatic heterocycles. The lowest BCUT2D eigenvalue weighted by Gasteiger charge is -2.33. The highest BCUT2D eigenvalue weighted by Gasteiger charge is 2.40. The summed E-state index contributed by atoms with van der Waals surface area (Å²) in [5, 5.41) is 14.9. The summed E-state index contributed by atoms with van der Waals surface area (Å²) >= 11 is 0. The van der Waals surface area contributed by atoms with Crippen LogP contribution >= 0.6 is 0 Å². The van der Waals surface area contributed by atoms with Crippen LogP contribution < -0.4 is 16.6 Å². The number of rotatable bonds is 18. The van der Waals surface area contributed by atoms with Crippen molar-refractivity contribution in [1.29, 1.82) is 0 Å². The SMILES string of the molecule is NC(C(=O)OCC1CCN(CCCCCCCCCNC[C@H](O)c2cc(=O)[nH]c3ccccc23)CC1)(c1ccccc1)c1ccccc1. The summed E-state index contributed by atoms with van der Waals surface area (Å²) in [5.74, 6) is -0.0329. The topological polar surface area (TPSA) is 121 Å². The summed E-state index contributed by atoms with van der Waals surface area (Å²) in [6, 6.07) is 28.1. The molecule has 256 valence electrons. The van der Waals surface area contributed by atoms with Gasteiger partial charge >= 0.3 is 5.97 Å². The number of nitrogens with two attached hydrogens (primary N) is 1. The molecular formula is C40H52N4O4. The molecule has 0 radical (unpaired) electrons. The Morgan fingerprint density at radius 1 is 0.875 bits per heavy atom. The second kappa shape index (κ2) is 18.1. The normalized spacial score (nSPS) is 15.0. The van der Waals surface area contributed by atoms with Crippen LogP contribution in [0.2, 0.25) is 0 Å². The number of unbranched alkanes of at least 4 members (excludes halogenated alkanes) is 6. The van der Waals surface area contributed by atoms with Crippen molar-refractivity contribution in [2.24, 2.45) is 11.7 Å². The van der Waals surface area contributed by atoms with Gasteiger partial charge in [0.25, 0.3) is 0 Å². The first kappa shape index (κ1) is 35.5. The molecule has 0 aliphatic carbocycles. The number of H-pyrrole nitrogens is 1. The van der Waals surface area contributed by atoms with Gasteiger partial charge in [0, 0.05) is 23.5 Å². The number of carbonyl (C=O) groups excluding carboxylic acids is 1. The number of para-hydroxylation sites is 1. The van der Waals surface area contributed by atoms with Gasteiger partial charge in [0.15, 0.2) is 5.54 Å². The minimum atomic E-state index is -1.33. The van der Waals surface area contributed by atoms with E-state index in [2.05, 4.69) is 15.2 Å². The first-order valence-electron chi connectivity index (χ1n) is 17.8. The molecule has 1 atom stereocenters. The van der Waals surface area contributed by atoms with Crippen LogP contribution in [0.1, 0.15) is 80.6 Å². The third kappa shape index (κ3) is 9.63. The van der Waals surface area contributed by atoms with Gasteiger partial charge in [-0.1, -0.05) is 111 Å². The molecule has 48 heavy (non-hydrogen) atoms. The van der Waals surface area contributed by atoms with Crippen LogP contribution in [0.5, 0.6) is 0 Å². The number of benzene rings is 3. The number of aromatic amines is 1. The van der Waals surface area contributed by atoms with E-state index in [1.807, 2.05) is 84.9 Å². The molecule has 3 aromatic carbocycles. The summed E-state index contributed by atoms with van der Waals surface area (Å²) in [4.78, 5) is 30.8. The van der Waals surface area contributed by atoms with Gasteiger partial charge in [-0.25, -0.2) is 4.79 Å². The van der Waals surface area contributed by atoms with Crippen LogP contribution in [0.4, 0.5) is 0 Å². The molecule has 5 rings (SSSR count). The number of nitrogens with one attached hydrogen (secondary N) is 2.